The second-order valence-corrected chi connectivity index (χ2v) is 6.68. The number of halogens is 1. The third-order valence-electron chi connectivity index (χ3n) is 4.40. The van der Waals surface area contributed by atoms with Gasteiger partial charge in [0.15, 0.2) is 0 Å². The number of hydrogen-bond acceptors (Lipinski definition) is 3. The Morgan fingerprint density at radius 2 is 2.00 bits per heavy atom. The van der Waals surface area contributed by atoms with Crippen LogP contribution in [0.5, 0.6) is 0 Å². The minimum absolute atomic E-state index is 0.0428. The Morgan fingerprint density at radius 3 is 2.70 bits per heavy atom. The van der Waals surface area contributed by atoms with Crippen molar-refractivity contribution in [1.82, 2.24) is 25.2 Å². The van der Waals surface area contributed by atoms with Crippen LogP contribution in [0.2, 0.25) is 5.02 Å². The number of likely N-dealkylation sites (tertiary alicyclic amines) is 1. The van der Waals surface area contributed by atoms with E-state index in [0.29, 0.717) is 30.6 Å². The van der Waals surface area contributed by atoms with Crippen molar-refractivity contribution < 1.29 is 4.79 Å². The van der Waals surface area contributed by atoms with E-state index in [2.05, 4.69) is 15.6 Å². The molecule has 0 spiro atoms. The molecule has 0 radical (unpaired) electrons. The summed E-state index contributed by atoms with van der Waals surface area (Å²) in [5, 5.41) is 12.0. The average molecular weight is 332 g/mol. The molecule has 23 heavy (non-hydrogen) atoms. The molecule has 4 rings (SSSR count). The van der Waals surface area contributed by atoms with Gasteiger partial charge in [0.2, 0.25) is 0 Å². The van der Waals surface area contributed by atoms with E-state index in [1.165, 1.54) is 12.8 Å². The van der Waals surface area contributed by atoms with Crippen LogP contribution in [0.4, 0.5) is 4.79 Å². The van der Waals surface area contributed by atoms with Gasteiger partial charge in [0.1, 0.15) is 0 Å². The van der Waals surface area contributed by atoms with Crippen LogP contribution in [0.3, 0.4) is 0 Å². The summed E-state index contributed by atoms with van der Waals surface area (Å²) in [6, 6.07) is 7.68. The van der Waals surface area contributed by atoms with Gasteiger partial charge >= 0.3 is 6.03 Å². The van der Waals surface area contributed by atoms with E-state index in [9.17, 15) is 4.79 Å². The summed E-state index contributed by atoms with van der Waals surface area (Å²) >= 11 is 5.85. The molecule has 1 N–H and O–H groups in total. The van der Waals surface area contributed by atoms with Crippen LogP contribution >= 0.6 is 11.6 Å². The van der Waals surface area contributed by atoms with Crippen LogP contribution in [-0.4, -0.2) is 39.0 Å². The molecule has 2 amide bonds. The number of urea groups is 1. The summed E-state index contributed by atoms with van der Waals surface area (Å²) in [4.78, 5) is 13.9. The first kappa shape index (κ1) is 14.5. The second kappa shape index (κ2) is 5.85. The lowest BCUT2D eigenvalue weighted by Crippen LogP contribution is -2.54. The van der Waals surface area contributed by atoms with Gasteiger partial charge in [0.25, 0.3) is 0 Å². The third-order valence-corrected chi connectivity index (χ3v) is 4.66. The van der Waals surface area contributed by atoms with Crippen molar-refractivity contribution in [3.8, 4) is 0 Å². The Kier molecular flexibility index (Phi) is 3.69. The summed E-state index contributed by atoms with van der Waals surface area (Å²) < 4.78 is 1.90. The first-order chi connectivity index (χ1) is 11.2. The molecule has 1 saturated carbocycles. The molecule has 0 bridgehead atoms. The fourth-order valence-corrected chi connectivity index (χ4v) is 2.84. The van der Waals surface area contributed by atoms with Crippen LogP contribution < -0.4 is 5.32 Å². The largest absolute Gasteiger partial charge is 0.334 e. The van der Waals surface area contributed by atoms with Crippen LogP contribution in [0.25, 0.3) is 0 Å². The number of benzene rings is 1. The fourth-order valence-electron chi connectivity index (χ4n) is 2.72. The average Bonchev–Trinajstić information content (AvgIpc) is 3.25. The molecule has 1 saturated heterocycles. The number of nitrogens with one attached hydrogen (secondary N) is 1. The van der Waals surface area contributed by atoms with Crippen molar-refractivity contribution in [1.29, 1.82) is 0 Å². The van der Waals surface area contributed by atoms with Gasteiger partial charge in [-0.2, -0.15) is 0 Å². The summed E-state index contributed by atoms with van der Waals surface area (Å²) in [6.07, 6.45) is 4.48. The van der Waals surface area contributed by atoms with Gasteiger partial charge in [-0.25, -0.2) is 9.48 Å². The maximum absolute atomic E-state index is 12.1. The summed E-state index contributed by atoms with van der Waals surface area (Å²) in [5.41, 5.74) is 2.13. The topological polar surface area (TPSA) is 63.1 Å². The number of nitrogens with zero attached hydrogens (tertiary/aromatic N) is 4. The summed E-state index contributed by atoms with van der Waals surface area (Å²) in [5.74, 6) is 0.614. The fraction of sp³-hybridized carbons (Fsp3) is 0.438. The molecule has 2 heterocycles. The molecule has 2 aromatic rings. The van der Waals surface area contributed by atoms with E-state index in [1.54, 1.807) is 4.90 Å². The third kappa shape index (κ3) is 3.17. The molecule has 7 heteroatoms. The highest BCUT2D eigenvalue weighted by Crippen LogP contribution is 2.39. The van der Waals surface area contributed by atoms with Crippen molar-refractivity contribution in [2.75, 3.05) is 13.1 Å². The van der Waals surface area contributed by atoms with Crippen molar-refractivity contribution >= 4 is 17.6 Å². The first-order valence-electron chi connectivity index (χ1n) is 7.88. The molecular weight excluding hydrogens is 314 g/mol. The molecule has 2 fully saturated rings. The normalized spacial score (nSPS) is 17.9. The Bertz CT molecular complexity index is 704. The first-order valence-corrected chi connectivity index (χ1v) is 8.26. The lowest BCUT2D eigenvalue weighted by atomic mass is 10.1. The van der Waals surface area contributed by atoms with Gasteiger partial charge < -0.3 is 10.2 Å². The van der Waals surface area contributed by atoms with Crippen molar-refractivity contribution in [3.05, 3.63) is 46.7 Å². The highest BCUT2D eigenvalue weighted by Gasteiger charge is 2.34. The van der Waals surface area contributed by atoms with Gasteiger partial charge in [-0.15, -0.1) is 5.10 Å². The predicted molar refractivity (Wildman–Crippen MR) is 86.3 cm³/mol. The molecule has 0 atom stereocenters. The highest BCUT2D eigenvalue weighted by molar-refractivity contribution is 6.30. The molecule has 1 aromatic carbocycles. The zero-order valence-electron chi connectivity index (χ0n) is 12.7. The second-order valence-electron chi connectivity index (χ2n) is 6.24. The van der Waals surface area contributed by atoms with E-state index in [-0.39, 0.29) is 12.1 Å². The quantitative estimate of drug-likeness (QED) is 0.936. The monoisotopic (exact) mass is 331 g/mol. The number of carbonyl (C=O) groups excluding carboxylic acids is 1. The summed E-state index contributed by atoms with van der Waals surface area (Å²) in [6.45, 7) is 1.87. The predicted octanol–water partition coefficient (Wildman–Crippen LogP) is 2.58. The maximum atomic E-state index is 12.1. The Hall–Kier alpha value is -2.08. The van der Waals surface area contributed by atoms with E-state index in [1.807, 2.05) is 35.1 Å². The van der Waals surface area contributed by atoms with Crippen LogP contribution in [-0.2, 0) is 6.54 Å². The van der Waals surface area contributed by atoms with Gasteiger partial charge in [-0.05, 0) is 30.5 Å². The molecular formula is C16H18ClN5O. The SMILES string of the molecule is O=C(NCc1ccc(Cl)cc1)N1CC(n2cc(C3CC3)nn2)C1. The minimum atomic E-state index is -0.0428. The van der Waals surface area contributed by atoms with E-state index < -0.39 is 0 Å². The molecule has 120 valence electrons. The molecule has 1 aliphatic heterocycles. The number of amides is 2. The lowest BCUT2D eigenvalue weighted by molar-refractivity contribution is 0.117. The zero-order valence-corrected chi connectivity index (χ0v) is 13.4. The van der Waals surface area contributed by atoms with E-state index in [0.717, 1.165) is 11.3 Å². The molecule has 1 aromatic heterocycles. The Balaban J connectivity index is 1.25. The van der Waals surface area contributed by atoms with Crippen molar-refractivity contribution in [2.45, 2.75) is 31.3 Å². The number of rotatable bonds is 4. The molecule has 0 unspecified atom stereocenters. The van der Waals surface area contributed by atoms with Crippen LogP contribution in [0.1, 0.15) is 36.1 Å². The van der Waals surface area contributed by atoms with Gasteiger partial charge in [0.05, 0.1) is 11.7 Å². The maximum Gasteiger partial charge on any atom is 0.317 e. The molecule has 6 nitrogen and oxygen atoms in total. The number of carbonyl (C=O) groups is 1. The molecule has 2 aliphatic rings. The minimum Gasteiger partial charge on any atom is -0.334 e. The van der Waals surface area contributed by atoms with Crippen molar-refractivity contribution in [3.63, 3.8) is 0 Å². The number of aromatic nitrogens is 3. The van der Waals surface area contributed by atoms with Gasteiger partial charge in [-0.1, -0.05) is 28.9 Å². The lowest BCUT2D eigenvalue weighted by Gasteiger charge is -2.38. The van der Waals surface area contributed by atoms with Gasteiger partial charge in [0, 0.05) is 36.8 Å². The van der Waals surface area contributed by atoms with Crippen molar-refractivity contribution in [2.24, 2.45) is 0 Å². The standard InChI is InChI=1S/C16H18ClN5O/c17-13-5-1-11(2-6-13)7-18-16(23)21-8-14(9-21)22-10-15(19-20-22)12-3-4-12/h1-2,5-6,10,12,14H,3-4,7-9H2,(H,18,23). The zero-order chi connectivity index (χ0) is 15.8. The number of hydrogen-bond donors (Lipinski definition) is 1. The highest BCUT2D eigenvalue weighted by atomic mass is 35.5. The smallest absolute Gasteiger partial charge is 0.317 e. The Morgan fingerprint density at radius 1 is 1.26 bits per heavy atom. The van der Waals surface area contributed by atoms with Crippen LogP contribution in [0, 0.1) is 0 Å². The van der Waals surface area contributed by atoms with Crippen LogP contribution in [0.15, 0.2) is 30.5 Å². The van der Waals surface area contributed by atoms with E-state index in [4.69, 9.17) is 11.6 Å². The van der Waals surface area contributed by atoms with E-state index >= 15 is 0 Å². The summed E-state index contributed by atoms with van der Waals surface area (Å²) in [7, 11) is 0. The Labute approximate surface area is 139 Å². The molecule has 1 aliphatic carbocycles. The van der Waals surface area contributed by atoms with Gasteiger partial charge in [-0.3, -0.25) is 0 Å².